The van der Waals surface area contributed by atoms with Crippen molar-refractivity contribution in [3.8, 4) is 0 Å². The van der Waals surface area contributed by atoms with Crippen LogP contribution in [0.2, 0.25) is 0 Å². The Hall–Kier alpha value is -0.0800. The average Bonchev–Trinajstić information content (AvgIpc) is 2.68. The molecule has 0 aromatic rings. The van der Waals surface area contributed by atoms with Gasteiger partial charge in [-0.1, -0.05) is 20.3 Å². The van der Waals surface area contributed by atoms with Gasteiger partial charge in [0.05, 0.1) is 0 Å². The number of nitrogens with one attached hydrogen (secondary N) is 1. The van der Waals surface area contributed by atoms with Gasteiger partial charge in [0.15, 0.2) is 0 Å². The molecular weight excluding hydrogens is 184 g/mol. The van der Waals surface area contributed by atoms with Gasteiger partial charge in [0.1, 0.15) is 0 Å². The standard InChI is InChI=1S/C13H26N2/c1-3-11(4-2)14-12-9-13-7-5-6-8-15(13)10-12/h11-14H,3-10H2,1-2H3. The normalized spacial score (nSPS) is 32.2. The minimum atomic E-state index is 0.747. The zero-order valence-corrected chi connectivity index (χ0v) is 10.3. The monoisotopic (exact) mass is 210 g/mol. The molecule has 2 heteroatoms. The molecule has 2 unspecified atom stereocenters. The van der Waals surface area contributed by atoms with Crippen molar-refractivity contribution in [2.75, 3.05) is 13.1 Å². The molecule has 0 amide bonds. The Labute approximate surface area is 94.4 Å². The summed E-state index contributed by atoms with van der Waals surface area (Å²) in [6.07, 6.45) is 8.28. The van der Waals surface area contributed by atoms with Crippen molar-refractivity contribution in [3.63, 3.8) is 0 Å². The lowest BCUT2D eigenvalue weighted by molar-refractivity contribution is 0.196. The van der Waals surface area contributed by atoms with Crippen molar-refractivity contribution < 1.29 is 0 Å². The van der Waals surface area contributed by atoms with Crippen LogP contribution in [0.15, 0.2) is 0 Å². The van der Waals surface area contributed by atoms with Gasteiger partial charge in [-0.25, -0.2) is 0 Å². The van der Waals surface area contributed by atoms with Gasteiger partial charge in [-0.3, -0.25) is 4.90 Å². The lowest BCUT2D eigenvalue weighted by Crippen LogP contribution is -2.39. The topological polar surface area (TPSA) is 15.3 Å². The minimum absolute atomic E-state index is 0.747. The predicted octanol–water partition coefficient (Wildman–Crippen LogP) is 2.39. The van der Waals surface area contributed by atoms with Crippen molar-refractivity contribution in [1.29, 1.82) is 0 Å². The second-order valence-corrected chi connectivity index (χ2v) is 5.26. The van der Waals surface area contributed by atoms with Crippen molar-refractivity contribution in [2.45, 2.75) is 70.5 Å². The molecule has 15 heavy (non-hydrogen) atoms. The molecule has 0 spiro atoms. The molecule has 2 saturated heterocycles. The summed E-state index contributed by atoms with van der Waals surface area (Å²) in [5.74, 6) is 0. The number of hydrogen-bond donors (Lipinski definition) is 1. The largest absolute Gasteiger partial charge is 0.310 e. The first-order valence-corrected chi connectivity index (χ1v) is 6.83. The highest BCUT2D eigenvalue weighted by Crippen LogP contribution is 2.27. The van der Waals surface area contributed by atoms with Crippen LogP contribution in [0, 0.1) is 0 Å². The van der Waals surface area contributed by atoms with Gasteiger partial charge < -0.3 is 5.32 Å². The maximum absolute atomic E-state index is 3.83. The molecular formula is C13H26N2. The van der Waals surface area contributed by atoms with Crippen LogP contribution >= 0.6 is 0 Å². The quantitative estimate of drug-likeness (QED) is 0.766. The first-order chi connectivity index (χ1) is 7.33. The summed E-state index contributed by atoms with van der Waals surface area (Å²) >= 11 is 0. The van der Waals surface area contributed by atoms with E-state index in [0.717, 1.165) is 18.1 Å². The summed E-state index contributed by atoms with van der Waals surface area (Å²) in [4.78, 5) is 2.71. The smallest absolute Gasteiger partial charge is 0.0212 e. The Balaban J connectivity index is 1.80. The number of hydrogen-bond acceptors (Lipinski definition) is 2. The van der Waals surface area contributed by atoms with Crippen LogP contribution < -0.4 is 5.32 Å². The Morgan fingerprint density at radius 2 is 2.07 bits per heavy atom. The van der Waals surface area contributed by atoms with E-state index in [1.807, 2.05) is 0 Å². The summed E-state index contributed by atoms with van der Waals surface area (Å²) in [5, 5.41) is 3.83. The molecule has 2 heterocycles. The molecule has 2 rings (SSSR count). The lowest BCUT2D eigenvalue weighted by Gasteiger charge is -2.28. The van der Waals surface area contributed by atoms with Gasteiger partial charge >= 0.3 is 0 Å². The summed E-state index contributed by atoms with van der Waals surface area (Å²) in [5.41, 5.74) is 0. The molecule has 0 aromatic heterocycles. The number of fused-ring (bicyclic) bond motifs is 1. The third-order valence-electron chi connectivity index (χ3n) is 4.22. The fourth-order valence-corrected chi connectivity index (χ4v) is 3.23. The highest BCUT2D eigenvalue weighted by atomic mass is 15.2. The number of rotatable bonds is 4. The molecule has 2 aliphatic rings. The first kappa shape index (κ1) is 11.4. The average molecular weight is 210 g/mol. The SMILES string of the molecule is CCC(CC)NC1CC2CCCCN2C1. The zero-order valence-electron chi connectivity index (χ0n) is 10.3. The lowest BCUT2D eigenvalue weighted by atomic mass is 10.0. The van der Waals surface area contributed by atoms with Gasteiger partial charge in [-0.15, -0.1) is 0 Å². The highest BCUT2D eigenvalue weighted by Gasteiger charge is 2.33. The van der Waals surface area contributed by atoms with E-state index < -0.39 is 0 Å². The highest BCUT2D eigenvalue weighted by molar-refractivity contribution is 4.92. The molecule has 1 N–H and O–H groups in total. The number of nitrogens with zero attached hydrogens (tertiary/aromatic N) is 1. The molecule has 0 aliphatic carbocycles. The van der Waals surface area contributed by atoms with Gasteiger partial charge in [0.2, 0.25) is 0 Å². The van der Waals surface area contributed by atoms with Crippen molar-refractivity contribution in [1.82, 2.24) is 10.2 Å². The van der Waals surface area contributed by atoms with Crippen LogP contribution in [0.1, 0.15) is 52.4 Å². The molecule has 88 valence electrons. The maximum atomic E-state index is 3.83. The molecule has 2 nitrogen and oxygen atoms in total. The van der Waals surface area contributed by atoms with Crippen molar-refractivity contribution in [3.05, 3.63) is 0 Å². The van der Waals surface area contributed by atoms with E-state index in [2.05, 4.69) is 24.1 Å². The summed E-state index contributed by atoms with van der Waals surface area (Å²) in [6, 6.07) is 2.43. The van der Waals surface area contributed by atoms with Gasteiger partial charge in [0, 0.05) is 24.7 Å². The molecule has 2 aliphatic heterocycles. The van der Waals surface area contributed by atoms with Crippen molar-refractivity contribution >= 4 is 0 Å². The minimum Gasteiger partial charge on any atom is -0.310 e. The van der Waals surface area contributed by atoms with Crippen LogP contribution in [0.3, 0.4) is 0 Å². The Morgan fingerprint density at radius 1 is 1.27 bits per heavy atom. The van der Waals surface area contributed by atoms with Gasteiger partial charge in [0.25, 0.3) is 0 Å². The second-order valence-electron chi connectivity index (χ2n) is 5.26. The maximum Gasteiger partial charge on any atom is 0.0212 e. The molecule has 0 saturated carbocycles. The third kappa shape index (κ3) is 2.73. The third-order valence-corrected chi connectivity index (χ3v) is 4.22. The summed E-state index contributed by atoms with van der Waals surface area (Å²) < 4.78 is 0. The van der Waals surface area contributed by atoms with Crippen LogP contribution in [0.5, 0.6) is 0 Å². The number of piperidine rings is 1. The molecule has 2 atom stereocenters. The fourth-order valence-electron chi connectivity index (χ4n) is 3.23. The van der Waals surface area contributed by atoms with Crippen LogP contribution in [-0.4, -0.2) is 36.1 Å². The Morgan fingerprint density at radius 3 is 2.73 bits per heavy atom. The second kappa shape index (κ2) is 5.31. The summed E-state index contributed by atoms with van der Waals surface area (Å²) in [6.45, 7) is 7.25. The van der Waals surface area contributed by atoms with E-state index in [1.165, 1.54) is 51.6 Å². The molecule has 0 aromatic carbocycles. The molecule has 0 bridgehead atoms. The van der Waals surface area contributed by atoms with E-state index in [1.54, 1.807) is 0 Å². The van der Waals surface area contributed by atoms with Crippen LogP contribution in [-0.2, 0) is 0 Å². The summed E-state index contributed by atoms with van der Waals surface area (Å²) in [7, 11) is 0. The van der Waals surface area contributed by atoms with E-state index >= 15 is 0 Å². The van der Waals surface area contributed by atoms with Gasteiger partial charge in [-0.2, -0.15) is 0 Å². The fraction of sp³-hybridized carbons (Fsp3) is 1.00. The van der Waals surface area contributed by atoms with Crippen molar-refractivity contribution in [2.24, 2.45) is 0 Å². The van der Waals surface area contributed by atoms with E-state index in [9.17, 15) is 0 Å². The van der Waals surface area contributed by atoms with E-state index in [4.69, 9.17) is 0 Å². The Kier molecular flexibility index (Phi) is 4.04. The van der Waals surface area contributed by atoms with Crippen LogP contribution in [0.25, 0.3) is 0 Å². The van der Waals surface area contributed by atoms with E-state index in [0.29, 0.717) is 0 Å². The predicted molar refractivity (Wildman–Crippen MR) is 65.1 cm³/mol. The van der Waals surface area contributed by atoms with Gasteiger partial charge in [-0.05, 0) is 38.6 Å². The molecule has 0 radical (unpaired) electrons. The Bertz CT molecular complexity index is 175. The molecule has 2 fully saturated rings. The first-order valence-electron chi connectivity index (χ1n) is 6.83. The van der Waals surface area contributed by atoms with Crippen LogP contribution in [0.4, 0.5) is 0 Å². The van der Waals surface area contributed by atoms with E-state index in [-0.39, 0.29) is 0 Å². The zero-order chi connectivity index (χ0) is 10.7.